The number of halogens is 1. The first kappa shape index (κ1) is 24.5. The fourth-order valence-corrected chi connectivity index (χ4v) is 3.71. The number of carbonyl (C=O) groups is 1. The molecule has 1 N–H and O–H groups in total. The van der Waals surface area contributed by atoms with Gasteiger partial charge in [-0.25, -0.2) is 9.82 Å². The fraction of sp³-hybridized carbons (Fsp3) is 0.143. The molecule has 0 radical (unpaired) electrons. The number of hydrazone groups is 1. The Hall–Kier alpha value is -4.59. The highest BCUT2D eigenvalue weighted by Crippen LogP contribution is 2.38. The maximum absolute atomic E-state index is 13.2. The van der Waals surface area contributed by atoms with Crippen LogP contribution in [0.1, 0.15) is 21.5 Å². The molecule has 0 heterocycles. The highest BCUT2D eigenvalue weighted by molar-refractivity contribution is 6.03. The maximum Gasteiger partial charge on any atom is 0.271 e. The van der Waals surface area contributed by atoms with Crippen LogP contribution in [-0.4, -0.2) is 33.5 Å². The number of fused-ring (bicyclic) bond motifs is 1. The lowest BCUT2D eigenvalue weighted by molar-refractivity contribution is 0.0954. The van der Waals surface area contributed by atoms with Crippen molar-refractivity contribution in [1.82, 2.24) is 5.43 Å². The van der Waals surface area contributed by atoms with Gasteiger partial charge in [0, 0.05) is 11.1 Å². The van der Waals surface area contributed by atoms with E-state index in [1.54, 1.807) is 24.3 Å². The van der Waals surface area contributed by atoms with Crippen molar-refractivity contribution in [3.8, 4) is 23.0 Å². The number of ether oxygens (including phenoxy) is 4. The molecule has 0 spiro atoms. The van der Waals surface area contributed by atoms with Gasteiger partial charge in [0.25, 0.3) is 5.91 Å². The van der Waals surface area contributed by atoms with Gasteiger partial charge in [0.1, 0.15) is 18.2 Å². The van der Waals surface area contributed by atoms with Crippen LogP contribution in [0.2, 0.25) is 0 Å². The molecule has 0 fully saturated rings. The third-order valence-electron chi connectivity index (χ3n) is 5.52. The lowest BCUT2D eigenvalue weighted by Gasteiger charge is -2.13. The second-order valence-corrected chi connectivity index (χ2v) is 7.73. The van der Waals surface area contributed by atoms with Crippen molar-refractivity contribution in [3.63, 3.8) is 0 Å². The molecule has 4 aromatic rings. The Labute approximate surface area is 208 Å². The molecule has 1 amide bonds. The quantitative estimate of drug-likeness (QED) is 0.254. The Bertz CT molecular complexity index is 1380. The zero-order valence-corrected chi connectivity index (χ0v) is 20.1. The van der Waals surface area contributed by atoms with Crippen LogP contribution in [0.15, 0.2) is 77.9 Å². The van der Waals surface area contributed by atoms with Crippen LogP contribution in [0.5, 0.6) is 23.0 Å². The predicted octanol–water partition coefficient (Wildman–Crippen LogP) is 5.35. The second-order valence-electron chi connectivity index (χ2n) is 7.73. The molecule has 7 nitrogen and oxygen atoms in total. The van der Waals surface area contributed by atoms with Crippen molar-refractivity contribution in [3.05, 3.63) is 95.3 Å². The van der Waals surface area contributed by atoms with Crippen molar-refractivity contribution in [2.75, 3.05) is 21.3 Å². The third-order valence-corrected chi connectivity index (χ3v) is 5.52. The van der Waals surface area contributed by atoms with Crippen LogP contribution >= 0.6 is 0 Å². The van der Waals surface area contributed by atoms with Crippen molar-refractivity contribution in [2.45, 2.75) is 6.61 Å². The van der Waals surface area contributed by atoms with Gasteiger partial charge in [-0.1, -0.05) is 42.5 Å². The van der Waals surface area contributed by atoms with Crippen LogP contribution in [0.3, 0.4) is 0 Å². The van der Waals surface area contributed by atoms with Crippen LogP contribution in [-0.2, 0) is 6.61 Å². The molecule has 0 aromatic heterocycles. The van der Waals surface area contributed by atoms with E-state index in [2.05, 4.69) is 10.5 Å². The maximum atomic E-state index is 13.2. The lowest BCUT2D eigenvalue weighted by Crippen LogP contribution is -2.18. The highest BCUT2D eigenvalue weighted by Gasteiger charge is 2.17. The van der Waals surface area contributed by atoms with Gasteiger partial charge in [-0.15, -0.1) is 0 Å². The highest BCUT2D eigenvalue weighted by atomic mass is 19.1. The summed E-state index contributed by atoms with van der Waals surface area (Å²) >= 11 is 0. The van der Waals surface area contributed by atoms with E-state index in [1.807, 2.05) is 36.4 Å². The van der Waals surface area contributed by atoms with E-state index in [4.69, 9.17) is 18.9 Å². The van der Waals surface area contributed by atoms with E-state index in [9.17, 15) is 9.18 Å². The summed E-state index contributed by atoms with van der Waals surface area (Å²) in [5.74, 6) is 0.912. The molecule has 0 saturated carbocycles. The number of hydrogen-bond donors (Lipinski definition) is 1. The minimum absolute atomic E-state index is 0.247. The largest absolute Gasteiger partial charge is 0.493 e. The number of nitrogens with one attached hydrogen (secondary N) is 1. The summed E-state index contributed by atoms with van der Waals surface area (Å²) in [4.78, 5) is 12.8. The SMILES string of the molecule is COc1cc(C(=O)NN=Cc2c(OCc3ccc(F)cc3)ccc3ccccc23)cc(OC)c1OC. The van der Waals surface area contributed by atoms with E-state index in [-0.39, 0.29) is 18.0 Å². The monoisotopic (exact) mass is 488 g/mol. The van der Waals surface area contributed by atoms with Gasteiger partial charge in [-0.3, -0.25) is 4.79 Å². The number of rotatable bonds is 9. The summed E-state index contributed by atoms with van der Waals surface area (Å²) in [5.41, 5.74) is 4.34. The van der Waals surface area contributed by atoms with Crippen LogP contribution in [0.4, 0.5) is 4.39 Å². The average Bonchev–Trinajstić information content (AvgIpc) is 2.92. The van der Waals surface area contributed by atoms with Crippen LogP contribution < -0.4 is 24.4 Å². The van der Waals surface area contributed by atoms with Gasteiger partial charge in [0.05, 0.1) is 27.5 Å². The zero-order valence-electron chi connectivity index (χ0n) is 20.1. The second kappa shape index (κ2) is 11.2. The number of amides is 1. The molecular formula is C28H25FN2O5. The van der Waals surface area contributed by atoms with E-state index in [0.29, 0.717) is 28.6 Å². The van der Waals surface area contributed by atoms with Gasteiger partial charge in [0.2, 0.25) is 5.75 Å². The van der Waals surface area contributed by atoms with E-state index in [0.717, 1.165) is 16.3 Å². The molecule has 0 bridgehead atoms. The zero-order chi connectivity index (χ0) is 25.5. The van der Waals surface area contributed by atoms with E-state index >= 15 is 0 Å². The Morgan fingerprint density at radius 2 is 1.58 bits per heavy atom. The standard InChI is InChI=1S/C28H25FN2O5/c1-33-25-14-20(15-26(34-2)27(25)35-3)28(32)31-30-16-23-22-7-5-4-6-19(22)10-13-24(23)36-17-18-8-11-21(29)12-9-18/h4-16H,17H2,1-3H3,(H,31,32). The van der Waals surface area contributed by atoms with E-state index in [1.165, 1.54) is 39.7 Å². The van der Waals surface area contributed by atoms with Gasteiger partial charge < -0.3 is 18.9 Å². The summed E-state index contributed by atoms with van der Waals surface area (Å²) in [6.45, 7) is 0.247. The molecule has 0 unspecified atom stereocenters. The van der Waals surface area contributed by atoms with Crippen LogP contribution in [0.25, 0.3) is 10.8 Å². The Morgan fingerprint density at radius 3 is 2.25 bits per heavy atom. The molecule has 0 atom stereocenters. The van der Waals surface area contributed by atoms with Crippen molar-refractivity contribution in [2.24, 2.45) is 5.10 Å². The molecule has 0 aliphatic carbocycles. The summed E-state index contributed by atoms with van der Waals surface area (Å²) in [5, 5.41) is 6.07. The number of nitrogens with zero attached hydrogens (tertiary/aromatic N) is 1. The normalized spacial score (nSPS) is 10.9. The van der Waals surface area contributed by atoms with Crippen molar-refractivity contribution in [1.29, 1.82) is 0 Å². The molecule has 0 aliphatic rings. The molecule has 0 aliphatic heterocycles. The van der Waals surface area contributed by atoms with Gasteiger partial charge in [0.15, 0.2) is 11.5 Å². The molecule has 8 heteroatoms. The van der Waals surface area contributed by atoms with Gasteiger partial charge in [-0.05, 0) is 46.7 Å². The Kier molecular flexibility index (Phi) is 7.65. The molecule has 36 heavy (non-hydrogen) atoms. The first-order valence-electron chi connectivity index (χ1n) is 11.1. The first-order chi connectivity index (χ1) is 17.5. The number of carbonyl (C=O) groups excluding carboxylic acids is 1. The van der Waals surface area contributed by atoms with Crippen LogP contribution in [0, 0.1) is 5.82 Å². The summed E-state index contributed by atoms with van der Waals surface area (Å²) in [6, 6.07) is 20.8. The number of hydrogen-bond acceptors (Lipinski definition) is 6. The number of methoxy groups -OCH3 is 3. The topological polar surface area (TPSA) is 78.4 Å². The average molecular weight is 489 g/mol. The molecule has 4 rings (SSSR count). The van der Waals surface area contributed by atoms with E-state index < -0.39 is 5.91 Å². The summed E-state index contributed by atoms with van der Waals surface area (Å²) in [6.07, 6.45) is 1.54. The molecule has 0 saturated heterocycles. The summed E-state index contributed by atoms with van der Waals surface area (Å²) in [7, 11) is 4.44. The summed E-state index contributed by atoms with van der Waals surface area (Å²) < 4.78 is 35.2. The third kappa shape index (κ3) is 5.38. The number of benzene rings is 4. The minimum atomic E-state index is -0.459. The Morgan fingerprint density at radius 1 is 0.889 bits per heavy atom. The molecular weight excluding hydrogens is 463 g/mol. The smallest absolute Gasteiger partial charge is 0.271 e. The lowest BCUT2D eigenvalue weighted by atomic mass is 10.0. The molecule has 4 aromatic carbocycles. The minimum Gasteiger partial charge on any atom is -0.493 e. The van der Waals surface area contributed by atoms with Crippen molar-refractivity contribution < 1.29 is 28.1 Å². The first-order valence-corrected chi connectivity index (χ1v) is 11.1. The van der Waals surface area contributed by atoms with Gasteiger partial charge >= 0.3 is 0 Å². The predicted molar refractivity (Wildman–Crippen MR) is 136 cm³/mol. The van der Waals surface area contributed by atoms with Crippen molar-refractivity contribution >= 4 is 22.9 Å². The van der Waals surface area contributed by atoms with Gasteiger partial charge in [-0.2, -0.15) is 5.10 Å². The molecule has 184 valence electrons. The Balaban J connectivity index is 1.59. The fourth-order valence-electron chi connectivity index (χ4n) is 3.71.